The third-order valence-electron chi connectivity index (χ3n) is 6.45. The number of aryl methyl sites for hydroxylation is 1. The monoisotopic (exact) mass is 435 g/mol. The number of hydrogen-bond donors (Lipinski definition) is 2. The zero-order chi connectivity index (χ0) is 22.9. The maximum atomic E-state index is 11.1. The predicted octanol–water partition coefficient (Wildman–Crippen LogP) is 6.34. The van der Waals surface area contributed by atoms with E-state index in [-0.39, 0.29) is 6.04 Å². The summed E-state index contributed by atoms with van der Waals surface area (Å²) in [6.45, 7) is 2.09. The van der Waals surface area contributed by atoms with E-state index in [1.807, 2.05) is 24.3 Å². The highest BCUT2D eigenvalue weighted by molar-refractivity contribution is 5.49. The van der Waals surface area contributed by atoms with Crippen LogP contribution in [0.25, 0.3) is 0 Å². The second-order valence-corrected chi connectivity index (χ2v) is 8.73. The molecule has 0 aliphatic heterocycles. The average molecular weight is 436 g/mol. The van der Waals surface area contributed by atoms with Crippen LogP contribution in [0.5, 0.6) is 0 Å². The van der Waals surface area contributed by atoms with E-state index in [9.17, 15) is 5.11 Å². The van der Waals surface area contributed by atoms with Crippen molar-refractivity contribution in [3.8, 4) is 0 Å². The van der Waals surface area contributed by atoms with Gasteiger partial charge >= 0.3 is 0 Å². The Morgan fingerprint density at radius 1 is 0.636 bits per heavy atom. The van der Waals surface area contributed by atoms with Gasteiger partial charge in [-0.1, -0.05) is 121 Å². The minimum absolute atomic E-state index is 0.110. The second-order valence-electron chi connectivity index (χ2n) is 8.73. The van der Waals surface area contributed by atoms with Crippen LogP contribution in [0.4, 0.5) is 0 Å². The number of benzene rings is 4. The van der Waals surface area contributed by atoms with E-state index >= 15 is 0 Å². The molecule has 168 valence electrons. The molecule has 2 nitrogen and oxygen atoms in total. The molecule has 0 unspecified atom stereocenters. The normalized spacial score (nSPS) is 13.4. The van der Waals surface area contributed by atoms with Gasteiger partial charge in [0, 0.05) is 6.04 Å². The number of hydrogen-bond acceptors (Lipinski definition) is 2. The fourth-order valence-electron chi connectivity index (χ4n) is 4.66. The SMILES string of the molecule is C[C@H](NC(c1ccccc1)(c1ccccc1)c1ccccc1)[C@@H](O)CCCc1ccccc1. The Morgan fingerprint density at radius 2 is 1.03 bits per heavy atom. The summed E-state index contributed by atoms with van der Waals surface area (Å²) in [7, 11) is 0. The summed E-state index contributed by atoms with van der Waals surface area (Å²) in [4.78, 5) is 0. The molecule has 0 spiro atoms. The molecule has 0 heterocycles. The van der Waals surface area contributed by atoms with Crippen LogP contribution >= 0.6 is 0 Å². The maximum Gasteiger partial charge on any atom is 0.0950 e. The van der Waals surface area contributed by atoms with Crippen molar-refractivity contribution in [2.45, 2.75) is 43.9 Å². The van der Waals surface area contributed by atoms with Gasteiger partial charge in [0.05, 0.1) is 11.6 Å². The fourth-order valence-corrected chi connectivity index (χ4v) is 4.66. The van der Waals surface area contributed by atoms with Crippen LogP contribution in [0.2, 0.25) is 0 Å². The first-order valence-corrected chi connectivity index (χ1v) is 11.9. The molecule has 0 aromatic heterocycles. The Morgan fingerprint density at radius 3 is 1.45 bits per heavy atom. The standard InChI is InChI=1S/C31H33NO/c1-25(30(33)24-14-17-26-15-6-2-7-16-26)32-31(27-18-8-3-9-19-27,28-20-10-4-11-21-28)29-22-12-5-13-23-29/h2-13,15-16,18-23,25,30,32-33H,14,17,24H2,1H3/t25-,30-/m0/s1. The van der Waals surface area contributed by atoms with Gasteiger partial charge < -0.3 is 5.11 Å². The lowest BCUT2D eigenvalue weighted by molar-refractivity contribution is 0.112. The molecular formula is C31H33NO. The Labute approximate surface area is 198 Å². The molecule has 0 aliphatic rings. The minimum atomic E-state index is -0.566. The van der Waals surface area contributed by atoms with Crippen LogP contribution in [-0.2, 0) is 12.0 Å². The van der Waals surface area contributed by atoms with Gasteiger partial charge in [0.2, 0.25) is 0 Å². The molecule has 33 heavy (non-hydrogen) atoms. The molecule has 4 aromatic rings. The highest BCUT2D eigenvalue weighted by atomic mass is 16.3. The van der Waals surface area contributed by atoms with Crippen LogP contribution in [-0.4, -0.2) is 17.3 Å². The van der Waals surface area contributed by atoms with Gasteiger partial charge in [0.1, 0.15) is 0 Å². The quantitative estimate of drug-likeness (QED) is 0.285. The first kappa shape index (κ1) is 23.0. The molecule has 0 radical (unpaired) electrons. The summed E-state index contributed by atoms with van der Waals surface area (Å²) in [5, 5.41) is 15.0. The molecule has 0 amide bonds. The first-order valence-electron chi connectivity index (χ1n) is 11.9. The topological polar surface area (TPSA) is 32.3 Å². The van der Waals surface area contributed by atoms with Crippen molar-refractivity contribution in [3.63, 3.8) is 0 Å². The van der Waals surface area contributed by atoms with Gasteiger partial charge in [-0.25, -0.2) is 0 Å². The predicted molar refractivity (Wildman–Crippen MR) is 137 cm³/mol. The molecule has 0 saturated heterocycles. The highest BCUT2D eigenvalue weighted by Crippen LogP contribution is 2.37. The van der Waals surface area contributed by atoms with Gasteiger partial charge in [-0.15, -0.1) is 0 Å². The van der Waals surface area contributed by atoms with Gasteiger partial charge in [-0.3, -0.25) is 5.32 Å². The van der Waals surface area contributed by atoms with Crippen molar-refractivity contribution in [2.75, 3.05) is 0 Å². The molecule has 0 bridgehead atoms. The van der Waals surface area contributed by atoms with Crippen molar-refractivity contribution >= 4 is 0 Å². The molecule has 2 N–H and O–H groups in total. The number of aliphatic hydroxyl groups excluding tert-OH is 1. The van der Waals surface area contributed by atoms with Crippen LogP contribution in [0.3, 0.4) is 0 Å². The lowest BCUT2D eigenvalue weighted by Crippen LogP contribution is -2.52. The second kappa shape index (κ2) is 11.1. The zero-order valence-electron chi connectivity index (χ0n) is 19.3. The summed E-state index contributed by atoms with van der Waals surface area (Å²) in [6.07, 6.45) is 2.22. The lowest BCUT2D eigenvalue weighted by Gasteiger charge is -2.40. The average Bonchev–Trinajstić information content (AvgIpc) is 2.89. The highest BCUT2D eigenvalue weighted by Gasteiger charge is 2.38. The third-order valence-corrected chi connectivity index (χ3v) is 6.45. The molecule has 0 aliphatic carbocycles. The van der Waals surface area contributed by atoms with E-state index in [1.54, 1.807) is 0 Å². The third kappa shape index (κ3) is 5.42. The molecule has 4 rings (SSSR count). The van der Waals surface area contributed by atoms with Crippen molar-refractivity contribution in [1.82, 2.24) is 5.32 Å². The fraction of sp³-hybridized carbons (Fsp3) is 0.226. The number of aliphatic hydroxyl groups is 1. The van der Waals surface area contributed by atoms with E-state index in [0.717, 1.165) is 36.0 Å². The summed E-state index contributed by atoms with van der Waals surface area (Å²) in [5.41, 5.74) is 4.23. The summed E-state index contributed by atoms with van der Waals surface area (Å²) >= 11 is 0. The number of nitrogens with one attached hydrogen (secondary N) is 1. The van der Waals surface area contributed by atoms with Crippen LogP contribution in [0.15, 0.2) is 121 Å². The summed E-state index contributed by atoms with van der Waals surface area (Å²) in [5.74, 6) is 0. The van der Waals surface area contributed by atoms with Crippen molar-refractivity contribution < 1.29 is 5.11 Å². The Hall–Kier alpha value is -3.20. The van der Waals surface area contributed by atoms with E-state index in [4.69, 9.17) is 0 Å². The zero-order valence-corrected chi connectivity index (χ0v) is 19.3. The molecule has 4 aromatic carbocycles. The largest absolute Gasteiger partial charge is 0.392 e. The summed E-state index contributed by atoms with van der Waals surface area (Å²) < 4.78 is 0. The summed E-state index contributed by atoms with van der Waals surface area (Å²) in [6, 6.07) is 42.0. The Bertz CT molecular complexity index is 984. The van der Waals surface area contributed by atoms with E-state index in [1.165, 1.54) is 5.56 Å². The molecular weight excluding hydrogens is 402 g/mol. The van der Waals surface area contributed by atoms with E-state index < -0.39 is 11.6 Å². The van der Waals surface area contributed by atoms with Crippen molar-refractivity contribution in [2.24, 2.45) is 0 Å². The van der Waals surface area contributed by atoms with Gasteiger partial charge in [0.25, 0.3) is 0 Å². The lowest BCUT2D eigenvalue weighted by atomic mass is 9.76. The smallest absolute Gasteiger partial charge is 0.0950 e. The van der Waals surface area contributed by atoms with Crippen molar-refractivity contribution in [1.29, 1.82) is 0 Å². The van der Waals surface area contributed by atoms with Crippen molar-refractivity contribution in [3.05, 3.63) is 144 Å². The Kier molecular flexibility index (Phi) is 7.72. The van der Waals surface area contributed by atoms with Crippen LogP contribution in [0.1, 0.15) is 42.0 Å². The molecule has 2 heteroatoms. The van der Waals surface area contributed by atoms with Gasteiger partial charge in [-0.2, -0.15) is 0 Å². The molecule has 0 fully saturated rings. The first-order chi connectivity index (χ1) is 16.2. The molecule has 2 atom stereocenters. The maximum absolute atomic E-state index is 11.1. The van der Waals surface area contributed by atoms with E-state index in [0.29, 0.717) is 0 Å². The number of rotatable bonds is 10. The van der Waals surface area contributed by atoms with Crippen LogP contribution in [0, 0.1) is 0 Å². The minimum Gasteiger partial charge on any atom is -0.392 e. The van der Waals surface area contributed by atoms with Gasteiger partial charge in [-0.05, 0) is 48.4 Å². The Balaban J connectivity index is 1.63. The van der Waals surface area contributed by atoms with Gasteiger partial charge in [0.15, 0.2) is 0 Å². The van der Waals surface area contributed by atoms with Crippen LogP contribution < -0.4 is 5.32 Å². The molecule has 0 saturated carbocycles. The van der Waals surface area contributed by atoms with E-state index in [2.05, 4.69) is 109 Å².